The van der Waals surface area contributed by atoms with E-state index < -0.39 is 77.9 Å². The summed E-state index contributed by atoms with van der Waals surface area (Å²) in [6, 6.07) is 4.52. The molecule has 0 spiro atoms. The van der Waals surface area contributed by atoms with Gasteiger partial charge in [0, 0.05) is 32.6 Å². The summed E-state index contributed by atoms with van der Waals surface area (Å²) in [6.07, 6.45) is 2.02. The Morgan fingerprint density at radius 1 is 0.767 bits per heavy atom. The first-order valence-electron chi connectivity index (χ1n) is 21.4. The van der Waals surface area contributed by atoms with Gasteiger partial charge in [-0.05, 0) is 69.0 Å². The summed E-state index contributed by atoms with van der Waals surface area (Å²) in [6.45, 7) is 15.3. The molecular formula is C45H68N6O9. The minimum absolute atomic E-state index is 0.00726. The number of likely N-dealkylation sites (N-methyl/N-ethyl adjacent to an activating group) is 2. The molecule has 2 fully saturated rings. The normalized spacial score (nSPS) is 21.4. The van der Waals surface area contributed by atoms with Crippen LogP contribution in [0.1, 0.15) is 86.6 Å². The van der Waals surface area contributed by atoms with Gasteiger partial charge in [-0.1, -0.05) is 85.7 Å². The Hall–Kier alpha value is -4.79. The smallest absolute Gasteiger partial charge is 0.329 e. The maximum absolute atomic E-state index is 14.5. The van der Waals surface area contributed by atoms with Crippen molar-refractivity contribution in [2.24, 2.45) is 23.7 Å². The molecule has 0 aliphatic carbocycles. The molecule has 7 atom stereocenters. The molecule has 1 aromatic carbocycles. The van der Waals surface area contributed by atoms with Crippen molar-refractivity contribution in [1.29, 1.82) is 0 Å². The van der Waals surface area contributed by atoms with Crippen molar-refractivity contribution >= 4 is 41.4 Å². The highest BCUT2D eigenvalue weighted by Crippen LogP contribution is 2.30. The number of imide groups is 1. The number of nitrogens with zero attached hydrogens (tertiary/aromatic N) is 5. The Bertz CT molecular complexity index is 1750. The summed E-state index contributed by atoms with van der Waals surface area (Å²) in [4.78, 5) is 105. The minimum Gasteiger partial charge on any atom is -0.499 e. The third-order valence-electron chi connectivity index (χ3n) is 11.9. The van der Waals surface area contributed by atoms with Crippen LogP contribution < -0.4 is 5.32 Å². The molecule has 1 N–H and O–H groups in total. The number of nitrogens with one attached hydrogen (secondary N) is 1. The van der Waals surface area contributed by atoms with Crippen molar-refractivity contribution in [3.63, 3.8) is 0 Å². The van der Waals surface area contributed by atoms with Crippen LogP contribution in [0.25, 0.3) is 0 Å². The number of rotatable bonds is 17. The van der Waals surface area contributed by atoms with Crippen LogP contribution in [0, 0.1) is 23.7 Å². The fraction of sp³-hybridized carbons (Fsp3) is 0.667. The molecule has 15 heteroatoms. The van der Waals surface area contributed by atoms with Crippen LogP contribution in [-0.4, -0.2) is 150 Å². The number of ether oxygens (including phenoxy) is 2. The van der Waals surface area contributed by atoms with E-state index in [1.54, 1.807) is 20.9 Å². The summed E-state index contributed by atoms with van der Waals surface area (Å²) >= 11 is 0. The zero-order chi connectivity index (χ0) is 44.7. The van der Waals surface area contributed by atoms with Crippen molar-refractivity contribution in [2.75, 3.05) is 41.3 Å². The van der Waals surface area contributed by atoms with Crippen LogP contribution in [-0.2, 0) is 49.5 Å². The zero-order valence-electron chi connectivity index (χ0n) is 37.7. The van der Waals surface area contributed by atoms with E-state index in [1.165, 1.54) is 27.9 Å². The van der Waals surface area contributed by atoms with Gasteiger partial charge in [0.1, 0.15) is 36.0 Å². The summed E-state index contributed by atoms with van der Waals surface area (Å²) < 4.78 is 11.4. The monoisotopic (exact) mass is 837 g/mol. The number of carbonyl (C=O) groups excluding carboxylic acids is 7. The number of methoxy groups -OCH3 is 1. The molecule has 3 aliphatic heterocycles. The van der Waals surface area contributed by atoms with Crippen LogP contribution >= 0.6 is 0 Å². The zero-order valence-corrected chi connectivity index (χ0v) is 37.7. The van der Waals surface area contributed by atoms with Gasteiger partial charge in [0.05, 0.1) is 13.2 Å². The number of esters is 1. The highest BCUT2D eigenvalue weighted by molar-refractivity contribution is 6.06. The van der Waals surface area contributed by atoms with Crippen molar-refractivity contribution in [2.45, 2.75) is 130 Å². The van der Waals surface area contributed by atoms with Gasteiger partial charge in [-0.2, -0.15) is 0 Å². The van der Waals surface area contributed by atoms with Gasteiger partial charge in [0.2, 0.25) is 23.6 Å². The molecule has 0 saturated carbocycles. The van der Waals surface area contributed by atoms with Gasteiger partial charge in [-0.25, -0.2) is 4.79 Å². The minimum atomic E-state index is -1.31. The number of likely N-dealkylation sites (tertiary alicyclic amines) is 2. The molecule has 0 radical (unpaired) electrons. The van der Waals surface area contributed by atoms with E-state index in [9.17, 15) is 33.6 Å². The molecule has 4 rings (SSSR count). The van der Waals surface area contributed by atoms with Gasteiger partial charge in [-0.15, -0.1) is 0 Å². The second-order valence-corrected chi connectivity index (χ2v) is 18.0. The Labute approximate surface area is 356 Å². The topological polar surface area (TPSA) is 166 Å². The van der Waals surface area contributed by atoms with Gasteiger partial charge in [-0.3, -0.25) is 38.6 Å². The van der Waals surface area contributed by atoms with E-state index in [0.29, 0.717) is 44.4 Å². The molecule has 2 unspecified atom stereocenters. The maximum atomic E-state index is 14.5. The fourth-order valence-corrected chi connectivity index (χ4v) is 8.93. The first-order valence-corrected chi connectivity index (χ1v) is 21.4. The predicted molar refractivity (Wildman–Crippen MR) is 226 cm³/mol. The van der Waals surface area contributed by atoms with E-state index in [2.05, 4.69) is 5.32 Å². The lowest BCUT2D eigenvalue weighted by atomic mass is 9.96. The second-order valence-electron chi connectivity index (χ2n) is 18.0. The first kappa shape index (κ1) is 47.9. The first-order chi connectivity index (χ1) is 28.2. The number of hydrogen-bond donors (Lipinski definition) is 1. The Morgan fingerprint density at radius 3 is 1.88 bits per heavy atom. The van der Waals surface area contributed by atoms with Crippen LogP contribution in [0.2, 0.25) is 0 Å². The summed E-state index contributed by atoms with van der Waals surface area (Å²) in [5.74, 6) is -4.24. The van der Waals surface area contributed by atoms with Gasteiger partial charge >= 0.3 is 5.97 Å². The molecule has 6 amide bonds. The fourth-order valence-electron chi connectivity index (χ4n) is 8.93. The number of hydrogen-bond acceptors (Lipinski definition) is 10. The molecule has 0 aromatic heterocycles. The predicted octanol–water partition coefficient (Wildman–Crippen LogP) is 3.26. The lowest BCUT2D eigenvalue weighted by Crippen LogP contribution is -2.61. The average molecular weight is 837 g/mol. The largest absolute Gasteiger partial charge is 0.499 e. The SMILES string of the molecule is COC1=CC(=O)N(C(=O)C(OC(=O)[C@@H]2CCCN2C(=O)[C@@H]2CCCN2C(=O)[C@H](C(C)C)N(C)C(=O)C(NC(=O)[C@H](C(C)C)N(C)C)C(C)C)C(C)C)[C@H]1Cc1ccccc1. The highest BCUT2D eigenvalue weighted by Gasteiger charge is 2.48. The van der Waals surface area contributed by atoms with E-state index >= 15 is 0 Å². The van der Waals surface area contributed by atoms with Gasteiger partial charge < -0.3 is 29.5 Å². The quantitative estimate of drug-likeness (QED) is 0.230. The summed E-state index contributed by atoms with van der Waals surface area (Å²) in [5, 5.41) is 2.95. The Morgan fingerprint density at radius 2 is 1.35 bits per heavy atom. The van der Waals surface area contributed by atoms with Crippen molar-refractivity contribution in [3.8, 4) is 0 Å². The Kier molecular flexibility index (Phi) is 16.5. The average Bonchev–Trinajstić information content (AvgIpc) is 3.94. The second kappa shape index (κ2) is 20.7. The van der Waals surface area contributed by atoms with Crippen molar-refractivity contribution in [1.82, 2.24) is 29.8 Å². The van der Waals surface area contributed by atoms with Crippen molar-refractivity contribution in [3.05, 3.63) is 47.7 Å². The van der Waals surface area contributed by atoms with Crippen LogP contribution in [0.5, 0.6) is 0 Å². The molecule has 2 saturated heterocycles. The third kappa shape index (κ3) is 10.6. The maximum Gasteiger partial charge on any atom is 0.329 e. The molecule has 1 aromatic rings. The molecule has 0 bridgehead atoms. The number of amides is 6. The van der Waals surface area contributed by atoms with Crippen LogP contribution in [0.15, 0.2) is 42.2 Å². The van der Waals surface area contributed by atoms with E-state index in [4.69, 9.17) is 9.47 Å². The van der Waals surface area contributed by atoms with Crippen LogP contribution in [0.4, 0.5) is 0 Å². The summed E-state index contributed by atoms with van der Waals surface area (Å²) in [5.41, 5.74) is 0.886. The van der Waals surface area contributed by atoms with Crippen molar-refractivity contribution < 1.29 is 43.0 Å². The summed E-state index contributed by atoms with van der Waals surface area (Å²) in [7, 11) is 6.64. The molecule has 3 heterocycles. The molecule has 332 valence electrons. The van der Waals surface area contributed by atoms with Gasteiger partial charge in [0.15, 0.2) is 6.10 Å². The molecule has 3 aliphatic rings. The van der Waals surface area contributed by atoms with Crippen LogP contribution in [0.3, 0.4) is 0 Å². The van der Waals surface area contributed by atoms with E-state index in [0.717, 1.165) is 10.5 Å². The van der Waals surface area contributed by atoms with E-state index in [1.807, 2.05) is 90.9 Å². The number of benzene rings is 1. The Balaban J connectivity index is 1.50. The molecule has 60 heavy (non-hydrogen) atoms. The lowest BCUT2D eigenvalue weighted by molar-refractivity contribution is -0.170. The third-order valence-corrected chi connectivity index (χ3v) is 11.9. The van der Waals surface area contributed by atoms with E-state index in [-0.39, 0.29) is 36.1 Å². The molecular weight excluding hydrogens is 769 g/mol. The highest BCUT2D eigenvalue weighted by atomic mass is 16.6. The standard InChI is InChI=1S/C45H68N6O9/c1-26(2)36(46-40(53)37(27(3)4)47(9)10)42(55)48(11)38(28(5)6)43(56)49-22-16-20-31(49)41(54)50-23-17-21-32(50)45(58)60-39(29(7)8)44(57)51-33(34(59-12)25-35(51)52)24-30-18-14-13-15-19-30/h13-15,18-19,25-29,31-33,36-39H,16-17,20-24H2,1-12H3,(H,46,53)/t31-,32-,33-,36?,37-,38-,39?/m0/s1. The lowest BCUT2D eigenvalue weighted by Gasteiger charge is -2.39. The van der Waals surface area contributed by atoms with Gasteiger partial charge in [0.25, 0.3) is 11.8 Å². The molecule has 15 nitrogen and oxygen atoms in total. The number of carbonyl (C=O) groups is 7.